The van der Waals surface area contributed by atoms with Crippen molar-refractivity contribution in [3.8, 4) is 0 Å². The first kappa shape index (κ1) is 12.2. The van der Waals surface area contributed by atoms with Gasteiger partial charge in [0.25, 0.3) is 0 Å². The normalized spacial score (nSPS) is 11.6. The van der Waals surface area contributed by atoms with Crippen LogP contribution in [0.4, 0.5) is 0 Å². The van der Waals surface area contributed by atoms with Crippen molar-refractivity contribution < 1.29 is 4.74 Å². The summed E-state index contributed by atoms with van der Waals surface area (Å²) in [6.07, 6.45) is 2.23. The first-order valence-electron chi connectivity index (χ1n) is 6.31. The number of rotatable bonds is 4. The number of fused-ring (bicyclic) bond motifs is 1. The third kappa shape index (κ3) is 2.37. The molecule has 2 rings (SSSR count). The fourth-order valence-corrected chi connectivity index (χ4v) is 2.19. The molecule has 17 heavy (non-hydrogen) atoms. The molecule has 2 nitrogen and oxygen atoms in total. The van der Waals surface area contributed by atoms with Gasteiger partial charge in [-0.25, -0.2) is 0 Å². The minimum atomic E-state index is 0.482. The molecule has 0 aliphatic heterocycles. The maximum Gasteiger partial charge on any atom is 0.0737 e. The molecule has 0 atom stereocenters. The van der Waals surface area contributed by atoms with Crippen molar-refractivity contribution in [3.05, 3.63) is 35.5 Å². The van der Waals surface area contributed by atoms with Crippen molar-refractivity contribution >= 4 is 10.9 Å². The molecule has 0 aliphatic rings. The van der Waals surface area contributed by atoms with E-state index in [0.29, 0.717) is 12.6 Å². The second-order valence-electron chi connectivity index (χ2n) is 4.81. The van der Waals surface area contributed by atoms with Gasteiger partial charge in [-0.05, 0) is 39.8 Å². The topological polar surface area (TPSA) is 14.2 Å². The zero-order valence-corrected chi connectivity index (χ0v) is 11.2. The van der Waals surface area contributed by atoms with Gasteiger partial charge in [0, 0.05) is 35.3 Å². The van der Waals surface area contributed by atoms with E-state index in [2.05, 4.69) is 49.7 Å². The SMILES string of the molecule is CCOCc1cn(C(C)C)c2ccc(C)cc12. The van der Waals surface area contributed by atoms with Crippen molar-refractivity contribution in [1.29, 1.82) is 0 Å². The van der Waals surface area contributed by atoms with Crippen molar-refractivity contribution in [1.82, 2.24) is 4.57 Å². The number of benzene rings is 1. The van der Waals surface area contributed by atoms with E-state index in [1.807, 2.05) is 6.92 Å². The zero-order chi connectivity index (χ0) is 12.4. The number of nitrogens with zero attached hydrogens (tertiary/aromatic N) is 1. The molecule has 1 heterocycles. The molecule has 0 saturated carbocycles. The van der Waals surface area contributed by atoms with Crippen LogP contribution in [0, 0.1) is 6.92 Å². The van der Waals surface area contributed by atoms with Crippen LogP contribution in [0.5, 0.6) is 0 Å². The molecular weight excluding hydrogens is 210 g/mol. The van der Waals surface area contributed by atoms with Gasteiger partial charge in [-0.1, -0.05) is 11.6 Å². The van der Waals surface area contributed by atoms with Crippen LogP contribution in [-0.2, 0) is 11.3 Å². The predicted molar refractivity (Wildman–Crippen MR) is 72.4 cm³/mol. The molecule has 0 fully saturated rings. The van der Waals surface area contributed by atoms with E-state index in [4.69, 9.17) is 4.74 Å². The van der Waals surface area contributed by atoms with E-state index in [-0.39, 0.29) is 0 Å². The molecule has 0 spiro atoms. The fraction of sp³-hybridized carbons (Fsp3) is 0.467. The van der Waals surface area contributed by atoms with Crippen LogP contribution in [0.2, 0.25) is 0 Å². The highest BCUT2D eigenvalue weighted by Gasteiger charge is 2.10. The molecule has 0 unspecified atom stereocenters. The predicted octanol–water partition coefficient (Wildman–Crippen LogP) is 4.07. The Morgan fingerprint density at radius 2 is 2.06 bits per heavy atom. The molecule has 92 valence electrons. The molecule has 2 heteroatoms. The van der Waals surface area contributed by atoms with E-state index in [1.165, 1.54) is 22.0 Å². The van der Waals surface area contributed by atoms with Gasteiger partial charge in [-0.15, -0.1) is 0 Å². The average Bonchev–Trinajstić information content (AvgIpc) is 2.64. The second kappa shape index (κ2) is 4.92. The first-order valence-corrected chi connectivity index (χ1v) is 6.31. The third-order valence-corrected chi connectivity index (χ3v) is 3.09. The van der Waals surface area contributed by atoms with Crippen LogP contribution < -0.4 is 0 Å². The lowest BCUT2D eigenvalue weighted by Gasteiger charge is -2.08. The van der Waals surface area contributed by atoms with Gasteiger partial charge in [0.15, 0.2) is 0 Å². The lowest BCUT2D eigenvalue weighted by atomic mass is 10.1. The molecule has 0 radical (unpaired) electrons. The highest BCUT2D eigenvalue weighted by atomic mass is 16.5. The van der Waals surface area contributed by atoms with Crippen LogP contribution in [0.25, 0.3) is 10.9 Å². The number of hydrogen-bond acceptors (Lipinski definition) is 1. The van der Waals surface area contributed by atoms with Crippen LogP contribution in [0.1, 0.15) is 37.9 Å². The van der Waals surface area contributed by atoms with E-state index in [9.17, 15) is 0 Å². The average molecular weight is 231 g/mol. The summed E-state index contributed by atoms with van der Waals surface area (Å²) >= 11 is 0. The summed E-state index contributed by atoms with van der Waals surface area (Å²) in [5.41, 5.74) is 3.90. The van der Waals surface area contributed by atoms with Crippen molar-refractivity contribution in [3.63, 3.8) is 0 Å². The van der Waals surface area contributed by atoms with Crippen LogP contribution in [0.15, 0.2) is 24.4 Å². The zero-order valence-electron chi connectivity index (χ0n) is 11.2. The minimum absolute atomic E-state index is 0.482. The van der Waals surface area contributed by atoms with E-state index in [1.54, 1.807) is 0 Å². The van der Waals surface area contributed by atoms with Crippen molar-refractivity contribution in [2.45, 2.75) is 40.3 Å². The molecule has 1 aromatic heterocycles. The molecule has 0 amide bonds. The summed E-state index contributed by atoms with van der Waals surface area (Å²) in [6.45, 7) is 10.1. The van der Waals surface area contributed by atoms with Crippen LogP contribution in [-0.4, -0.2) is 11.2 Å². The number of ether oxygens (including phenoxy) is 1. The number of aromatic nitrogens is 1. The summed E-state index contributed by atoms with van der Waals surface area (Å²) in [5, 5.41) is 1.33. The lowest BCUT2D eigenvalue weighted by Crippen LogP contribution is -1.98. The summed E-state index contributed by atoms with van der Waals surface area (Å²) in [5.74, 6) is 0. The Morgan fingerprint density at radius 3 is 2.71 bits per heavy atom. The standard InChI is InChI=1S/C15H21NO/c1-5-17-10-13-9-16(11(2)3)15-7-6-12(4)8-14(13)15/h6-9,11H,5,10H2,1-4H3. The number of hydrogen-bond donors (Lipinski definition) is 0. The molecule has 2 aromatic rings. The van der Waals surface area contributed by atoms with Gasteiger partial charge in [0.2, 0.25) is 0 Å². The monoisotopic (exact) mass is 231 g/mol. The summed E-state index contributed by atoms with van der Waals surface area (Å²) in [4.78, 5) is 0. The van der Waals surface area contributed by atoms with Crippen molar-refractivity contribution in [2.24, 2.45) is 0 Å². The van der Waals surface area contributed by atoms with Crippen LogP contribution in [0.3, 0.4) is 0 Å². The molecular formula is C15H21NO. The molecule has 0 saturated heterocycles. The fourth-order valence-electron chi connectivity index (χ4n) is 2.19. The van der Waals surface area contributed by atoms with Gasteiger partial charge in [-0.3, -0.25) is 0 Å². The first-order chi connectivity index (χ1) is 8.13. The van der Waals surface area contributed by atoms with Gasteiger partial charge in [-0.2, -0.15) is 0 Å². The summed E-state index contributed by atoms with van der Waals surface area (Å²) in [6, 6.07) is 7.12. The highest BCUT2D eigenvalue weighted by molar-refractivity contribution is 5.84. The van der Waals surface area contributed by atoms with Gasteiger partial charge in [0.1, 0.15) is 0 Å². The maximum absolute atomic E-state index is 5.55. The Bertz CT molecular complexity index is 511. The van der Waals surface area contributed by atoms with E-state index in [0.717, 1.165) is 6.61 Å². The summed E-state index contributed by atoms with van der Waals surface area (Å²) < 4.78 is 7.87. The number of aryl methyl sites for hydroxylation is 1. The Hall–Kier alpha value is -1.28. The summed E-state index contributed by atoms with van der Waals surface area (Å²) in [7, 11) is 0. The Labute approximate surface area is 103 Å². The van der Waals surface area contributed by atoms with E-state index < -0.39 is 0 Å². The van der Waals surface area contributed by atoms with Crippen LogP contribution >= 0.6 is 0 Å². The quantitative estimate of drug-likeness (QED) is 0.773. The van der Waals surface area contributed by atoms with Gasteiger partial charge in [0.05, 0.1) is 6.61 Å². The second-order valence-corrected chi connectivity index (χ2v) is 4.81. The molecule has 0 N–H and O–H groups in total. The van der Waals surface area contributed by atoms with Crippen molar-refractivity contribution in [2.75, 3.05) is 6.61 Å². The smallest absolute Gasteiger partial charge is 0.0737 e. The highest BCUT2D eigenvalue weighted by Crippen LogP contribution is 2.26. The van der Waals surface area contributed by atoms with Gasteiger partial charge >= 0.3 is 0 Å². The Kier molecular flexibility index (Phi) is 3.53. The largest absolute Gasteiger partial charge is 0.377 e. The lowest BCUT2D eigenvalue weighted by molar-refractivity contribution is 0.135. The minimum Gasteiger partial charge on any atom is -0.377 e. The molecule has 0 aliphatic carbocycles. The maximum atomic E-state index is 5.55. The van der Waals surface area contributed by atoms with E-state index >= 15 is 0 Å². The van der Waals surface area contributed by atoms with Gasteiger partial charge < -0.3 is 9.30 Å². The Balaban J connectivity index is 2.54. The molecule has 0 bridgehead atoms. The third-order valence-electron chi connectivity index (χ3n) is 3.09. The Morgan fingerprint density at radius 1 is 1.29 bits per heavy atom. The molecule has 1 aromatic carbocycles.